The Morgan fingerprint density at radius 2 is 2.30 bits per heavy atom. The molecule has 5 heteroatoms. The number of ether oxygens (including phenoxy) is 1. The third-order valence-corrected chi connectivity index (χ3v) is 4.29. The van der Waals surface area contributed by atoms with Gasteiger partial charge in [-0.15, -0.1) is 0 Å². The molecule has 1 fully saturated rings. The van der Waals surface area contributed by atoms with E-state index in [2.05, 4.69) is 0 Å². The van der Waals surface area contributed by atoms with Crippen LogP contribution in [0.5, 0.6) is 5.75 Å². The fraction of sp³-hybridized carbons (Fsp3) is 0.389. The SMILES string of the molecule is COc1cccc([C@@H]2C[C@@H](O)CN2C(=O)CCc2ccoc2)c1. The van der Waals surface area contributed by atoms with E-state index < -0.39 is 6.10 Å². The molecule has 1 amide bonds. The lowest BCUT2D eigenvalue weighted by atomic mass is 10.0. The highest BCUT2D eigenvalue weighted by Gasteiger charge is 2.35. The largest absolute Gasteiger partial charge is 0.497 e. The number of furan rings is 1. The van der Waals surface area contributed by atoms with Gasteiger partial charge >= 0.3 is 0 Å². The molecule has 23 heavy (non-hydrogen) atoms. The topological polar surface area (TPSA) is 62.9 Å². The van der Waals surface area contributed by atoms with E-state index in [0.29, 0.717) is 25.8 Å². The van der Waals surface area contributed by atoms with E-state index in [1.807, 2.05) is 30.3 Å². The van der Waals surface area contributed by atoms with Crippen LogP contribution in [0.3, 0.4) is 0 Å². The van der Waals surface area contributed by atoms with E-state index in [-0.39, 0.29) is 11.9 Å². The van der Waals surface area contributed by atoms with E-state index in [9.17, 15) is 9.90 Å². The van der Waals surface area contributed by atoms with Crippen molar-refractivity contribution in [2.75, 3.05) is 13.7 Å². The summed E-state index contributed by atoms with van der Waals surface area (Å²) in [6, 6.07) is 9.45. The van der Waals surface area contributed by atoms with Gasteiger partial charge in [-0.1, -0.05) is 12.1 Å². The number of hydrogen-bond acceptors (Lipinski definition) is 4. The maximum absolute atomic E-state index is 12.6. The normalized spacial score (nSPS) is 20.7. The number of amides is 1. The van der Waals surface area contributed by atoms with E-state index in [1.54, 1.807) is 24.5 Å². The molecule has 1 aromatic carbocycles. The fourth-order valence-corrected chi connectivity index (χ4v) is 3.08. The van der Waals surface area contributed by atoms with Crippen molar-refractivity contribution in [3.63, 3.8) is 0 Å². The summed E-state index contributed by atoms with van der Waals surface area (Å²) in [6.45, 7) is 0.381. The van der Waals surface area contributed by atoms with Gasteiger partial charge in [0.2, 0.25) is 5.91 Å². The van der Waals surface area contributed by atoms with Crippen molar-refractivity contribution in [1.82, 2.24) is 4.90 Å². The molecular weight excluding hydrogens is 294 g/mol. The quantitative estimate of drug-likeness (QED) is 0.921. The number of β-amino-alcohol motifs (C(OH)–C–C–N with tert-alkyl or cyclic N) is 1. The van der Waals surface area contributed by atoms with Crippen LogP contribution in [-0.2, 0) is 11.2 Å². The van der Waals surface area contributed by atoms with E-state index in [4.69, 9.17) is 9.15 Å². The van der Waals surface area contributed by atoms with Crippen LogP contribution in [0, 0.1) is 0 Å². The molecule has 1 saturated heterocycles. The number of methoxy groups -OCH3 is 1. The zero-order valence-electron chi connectivity index (χ0n) is 13.1. The summed E-state index contributed by atoms with van der Waals surface area (Å²) in [5.74, 6) is 0.810. The second-order valence-corrected chi connectivity index (χ2v) is 5.86. The van der Waals surface area contributed by atoms with Crippen LogP contribution >= 0.6 is 0 Å². The summed E-state index contributed by atoms with van der Waals surface area (Å²) < 4.78 is 10.3. The third kappa shape index (κ3) is 3.56. The monoisotopic (exact) mass is 315 g/mol. The van der Waals surface area contributed by atoms with Gasteiger partial charge in [-0.05, 0) is 42.2 Å². The van der Waals surface area contributed by atoms with Crippen molar-refractivity contribution in [2.24, 2.45) is 0 Å². The number of benzene rings is 1. The second-order valence-electron chi connectivity index (χ2n) is 5.86. The van der Waals surface area contributed by atoms with Gasteiger partial charge in [0, 0.05) is 13.0 Å². The minimum absolute atomic E-state index is 0.0515. The Morgan fingerprint density at radius 3 is 3.04 bits per heavy atom. The zero-order valence-corrected chi connectivity index (χ0v) is 13.1. The Balaban J connectivity index is 1.72. The molecular formula is C18H21NO4. The van der Waals surface area contributed by atoms with Gasteiger partial charge in [-0.2, -0.15) is 0 Å². The van der Waals surface area contributed by atoms with Crippen LogP contribution < -0.4 is 4.74 Å². The Hall–Kier alpha value is -2.27. The molecule has 1 N–H and O–H groups in total. The number of hydrogen-bond donors (Lipinski definition) is 1. The first kappa shape index (κ1) is 15.6. The van der Waals surface area contributed by atoms with Crippen LogP contribution in [0.15, 0.2) is 47.3 Å². The Morgan fingerprint density at radius 1 is 1.43 bits per heavy atom. The summed E-state index contributed by atoms with van der Waals surface area (Å²) >= 11 is 0. The van der Waals surface area contributed by atoms with Gasteiger partial charge < -0.3 is 19.2 Å². The van der Waals surface area contributed by atoms with Gasteiger partial charge in [0.05, 0.1) is 31.8 Å². The molecule has 2 aromatic rings. The zero-order chi connectivity index (χ0) is 16.2. The summed E-state index contributed by atoms with van der Waals surface area (Å²) in [6.07, 6.45) is 4.40. The van der Waals surface area contributed by atoms with E-state index >= 15 is 0 Å². The number of likely N-dealkylation sites (tertiary alicyclic amines) is 1. The highest BCUT2D eigenvalue weighted by Crippen LogP contribution is 2.34. The highest BCUT2D eigenvalue weighted by atomic mass is 16.5. The first-order chi connectivity index (χ1) is 11.2. The number of carbonyl (C=O) groups excluding carboxylic acids is 1. The minimum Gasteiger partial charge on any atom is -0.497 e. The van der Waals surface area contributed by atoms with E-state index in [0.717, 1.165) is 16.9 Å². The lowest BCUT2D eigenvalue weighted by Crippen LogP contribution is -2.31. The smallest absolute Gasteiger partial charge is 0.223 e. The van der Waals surface area contributed by atoms with Crippen LogP contribution in [-0.4, -0.2) is 35.7 Å². The summed E-state index contributed by atoms with van der Waals surface area (Å²) in [5.41, 5.74) is 2.01. The predicted molar refractivity (Wildman–Crippen MR) is 85.1 cm³/mol. The van der Waals surface area contributed by atoms with Crippen molar-refractivity contribution in [1.29, 1.82) is 0 Å². The number of nitrogens with zero attached hydrogens (tertiary/aromatic N) is 1. The molecule has 0 spiro atoms. The minimum atomic E-state index is -0.482. The molecule has 0 unspecified atom stereocenters. The van der Waals surface area contributed by atoms with E-state index in [1.165, 1.54) is 0 Å². The van der Waals surface area contributed by atoms with Gasteiger partial charge in [0.1, 0.15) is 5.75 Å². The molecule has 2 atom stereocenters. The molecule has 0 radical (unpaired) electrons. The van der Waals surface area contributed by atoms with Gasteiger partial charge in [-0.3, -0.25) is 4.79 Å². The summed E-state index contributed by atoms with van der Waals surface area (Å²) in [7, 11) is 1.62. The number of aryl methyl sites for hydroxylation is 1. The average molecular weight is 315 g/mol. The van der Waals surface area contributed by atoms with Crippen molar-refractivity contribution in [2.45, 2.75) is 31.4 Å². The molecule has 0 saturated carbocycles. The molecule has 2 heterocycles. The Labute approximate surface area is 135 Å². The van der Waals surface area contributed by atoms with Crippen LogP contribution in [0.1, 0.15) is 30.0 Å². The maximum atomic E-state index is 12.6. The molecule has 0 aliphatic carbocycles. The van der Waals surface area contributed by atoms with Crippen molar-refractivity contribution >= 4 is 5.91 Å². The molecule has 3 rings (SSSR count). The Kier molecular flexibility index (Phi) is 4.67. The third-order valence-electron chi connectivity index (χ3n) is 4.29. The average Bonchev–Trinajstić information content (AvgIpc) is 3.22. The van der Waals surface area contributed by atoms with Gasteiger partial charge in [-0.25, -0.2) is 0 Å². The number of aliphatic hydroxyl groups is 1. The van der Waals surface area contributed by atoms with Crippen LogP contribution in [0.2, 0.25) is 0 Å². The standard InChI is InChI=1S/C18H21NO4/c1-22-16-4-2-3-14(9-16)17-10-15(20)11-19(17)18(21)6-5-13-7-8-23-12-13/h2-4,7-9,12,15,17,20H,5-6,10-11H2,1H3/t15-,17+/m1/s1. The van der Waals surface area contributed by atoms with Crippen LogP contribution in [0.4, 0.5) is 0 Å². The molecule has 5 nitrogen and oxygen atoms in total. The second kappa shape index (κ2) is 6.87. The highest BCUT2D eigenvalue weighted by molar-refractivity contribution is 5.77. The fourth-order valence-electron chi connectivity index (χ4n) is 3.08. The lowest BCUT2D eigenvalue weighted by Gasteiger charge is -2.25. The molecule has 1 aliphatic heterocycles. The lowest BCUT2D eigenvalue weighted by molar-refractivity contribution is -0.132. The Bertz CT molecular complexity index is 653. The predicted octanol–water partition coefficient (Wildman–Crippen LogP) is 2.56. The maximum Gasteiger partial charge on any atom is 0.223 e. The van der Waals surface area contributed by atoms with Crippen molar-refractivity contribution in [3.8, 4) is 5.75 Å². The molecule has 1 aromatic heterocycles. The van der Waals surface area contributed by atoms with Gasteiger partial charge in [0.15, 0.2) is 0 Å². The number of aliphatic hydroxyl groups excluding tert-OH is 1. The van der Waals surface area contributed by atoms with Crippen LogP contribution in [0.25, 0.3) is 0 Å². The first-order valence-electron chi connectivity index (χ1n) is 7.80. The summed E-state index contributed by atoms with van der Waals surface area (Å²) in [4.78, 5) is 14.4. The van der Waals surface area contributed by atoms with Crippen molar-refractivity contribution in [3.05, 3.63) is 54.0 Å². The molecule has 0 bridgehead atoms. The summed E-state index contributed by atoms with van der Waals surface area (Å²) in [5, 5.41) is 10.0. The molecule has 122 valence electrons. The van der Waals surface area contributed by atoms with Crippen molar-refractivity contribution < 1.29 is 19.1 Å². The first-order valence-corrected chi connectivity index (χ1v) is 7.80. The van der Waals surface area contributed by atoms with Gasteiger partial charge in [0.25, 0.3) is 0 Å². The number of rotatable bonds is 5. The number of carbonyl (C=O) groups is 1. The molecule has 1 aliphatic rings.